The molecule has 0 saturated heterocycles. The number of amides is 1. The van der Waals surface area contributed by atoms with Crippen molar-refractivity contribution < 1.29 is 13.6 Å². The first kappa shape index (κ1) is 22.9. The number of carbonyl (C=O) groups is 1. The van der Waals surface area contributed by atoms with Gasteiger partial charge in [-0.1, -0.05) is 24.8 Å². The first-order chi connectivity index (χ1) is 15.4. The van der Waals surface area contributed by atoms with E-state index >= 15 is 0 Å². The van der Waals surface area contributed by atoms with E-state index in [9.17, 15) is 13.6 Å². The van der Waals surface area contributed by atoms with E-state index in [1.807, 2.05) is 50.3 Å². The molecule has 4 nitrogen and oxygen atoms in total. The molecule has 6 heteroatoms. The second-order valence-electron chi connectivity index (χ2n) is 7.43. The Morgan fingerprint density at radius 2 is 1.84 bits per heavy atom. The molecule has 0 unspecified atom stereocenters. The predicted molar refractivity (Wildman–Crippen MR) is 123 cm³/mol. The van der Waals surface area contributed by atoms with Crippen LogP contribution < -0.4 is 10.6 Å². The van der Waals surface area contributed by atoms with Crippen LogP contribution in [0.1, 0.15) is 39.5 Å². The van der Waals surface area contributed by atoms with Gasteiger partial charge in [-0.2, -0.15) is 0 Å². The number of carbonyl (C=O) groups excluding carboxylic acids is 1. The summed E-state index contributed by atoms with van der Waals surface area (Å²) >= 11 is 0. The third kappa shape index (κ3) is 6.11. The van der Waals surface area contributed by atoms with Crippen LogP contribution in [0.5, 0.6) is 0 Å². The second kappa shape index (κ2) is 10.5. The predicted octanol–water partition coefficient (Wildman–Crippen LogP) is 5.69. The smallest absolute Gasteiger partial charge is 0.251 e. The van der Waals surface area contributed by atoms with Crippen LogP contribution in [0.15, 0.2) is 79.2 Å². The van der Waals surface area contributed by atoms with Crippen LogP contribution in [-0.4, -0.2) is 10.9 Å². The van der Waals surface area contributed by atoms with E-state index in [-0.39, 0.29) is 12.5 Å². The van der Waals surface area contributed by atoms with Crippen molar-refractivity contribution in [2.75, 3.05) is 5.32 Å². The molecule has 0 fully saturated rings. The summed E-state index contributed by atoms with van der Waals surface area (Å²) < 4.78 is 26.7. The first-order valence-electron chi connectivity index (χ1n) is 10.2. The van der Waals surface area contributed by atoms with Crippen molar-refractivity contribution in [2.45, 2.75) is 26.8 Å². The number of pyridine rings is 1. The average molecular weight is 434 g/mol. The fourth-order valence-corrected chi connectivity index (χ4v) is 3.39. The lowest BCUT2D eigenvalue weighted by molar-refractivity contribution is 0.0950. The second-order valence-corrected chi connectivity index (χ2v) is 7.43. The van der Waals surface area contributed by atoms with Gasteiger partial charge < -0.3 is 10.6 Å². The summed E-state index contributed by atoms with van der Waals surface area (Å²) in [4.78, 5) is 17.0. The molecule has 164 valence electrons. The first-order valence-corrected chi connectivity index (χ1v) is 10.2. The highest BCUT2D eigenvalue weighted by Gasteiger charge is 2.13. The van der Waals surface area contributed by atoms with Crippen molar-refractivity contribution in [3.05, 3.63) is 119 Å². The molecular weight excluding hydrogens is 408 g/mol. The number of allylic oxidation sites excluding steroid dienone is 2. The van der Waals surface area contributed by atoms with Gasteiger partial charge in [0.25, 0.3) is 5.91 Å². The van der Waals surface area contributed by atoms with Gasteiger partial charge in [0.1, 0.15) is 17.5 Å². The lowest BCUT2D eigenvalue weighted by atomic mass is 9.96. The molecule has 0 bridgehead atoms. The number of hydrogen-bond donors (Lipinski definition) is 2. The van der Waals surface area contributed by atoms with E-state index in [1.54, 1.807) is 12.3 Å². The van der Waals surface area contributed by atoms with Gasteiger partial charge in [0, 0.05) is 30.1 Å². The highest BCUT2D eigenvalue weighted by atomic mass is 19.1. The van der Waals surface area contributed by atoms with Crippen LogP contribution in [0.4, 0.5) is 14.6 Å². The minimum absolute atomic E-state index is 0.0344. The lowest BCUT2D eigenvalue weighted by Crippen LogP contribution is -2.24. The molecular formula is C26H25F2N3O. The van der Waals surface area contributed by atoms with Crippen LogP contribution in [0.3, 0.4) is 0 Å². The Kier molecular flexibility index (Phi) is 7.49. The van der Waals surface area contributed by atoms with E-state index in [2.05, 4.69) is 22.2 Å². The van der Waals surface area contributed by atoms with Crippen LogP contribution in [-0.2, 0) is 13.0 Å². The largest absolute Gasteiger partial charge is 0.348 e. The number of benzene rings is 2. The standard InChI is InChI=1S/C26H25F2N3O/c1-4-6-17(2)31-25-14-19(9-10-29-25)11-21-7-5-8-24(18(21)3)26(32)30-16-20-12-22(27)15-23(28)13-20/h4-10,12-15H,2,11,16H2,1,3H3,(H,29,31)(H,30,32)/b6-4-. The molecule has 0 radical (unpaired) electrons. The van der Waals surface area contributed by atoms with Gasteiger partial charge in [0.05, 0.1) is 0 Å². The van der Waals surface area contributed by atoms with Crippen molar-refractivity contribution >= 4 is 11.7 Å². The summed E-state index contributed by atoms with van der Waals surface area (Å²) in [5, 5.41) is 5.88. The molecule has 0 spiro atoms. The molecule has 0 saturated carbocycles. The molecule has 0 atom stereocenters. The number of nitrogens with zero attached hydrogens (tertiary/aromatic N) is 1. The lowest BCUT2D eigenvalue weighted by Gasteiger charge is -2.13. The summed E-state index contributed by atoms with van der Waals surface area (Å²) in [7, 11) is 0. The SMILES string of the molecule is C=C(/C=C\C)Nc1cc(Cc2cccc(C(=O)NCc3cc(F)cc(F)c3)c2C)ccn1. The topological polar surface area (TPSA) is 54.0 Å². The van der Waals surface area contributed by atoms with Crippen molar-refractivity contribution in [1.29, 1.82) is 0 Å². The van der Waals surface area contributed by atoms with Gasteiger partial charge >= 0.3 is 0 Å². The molecule has 1 heterocycles. The van der Waals surface area contributed by atoms with Gasteiger partial charge in [-0.05, 0) is 78.9 Å². The van der Waals surface area contributed by atoms with Gasteiger partial charge in [0.15, 0.2) is 0 Å². The Balaban J connectivity index is 1.72. The Labute approximate surface area is 186 Å². The number of anilines is 1. The number of nitrogens with one attached hydrogen (secondary N) is 2. The van der Waals surface area contributed by atoms with Crippen molar-refractivity contribution in [1.82, 2.24) is 10.3 Å². The third-order valence-electron chi connectivity index (χ3n) is 4.94. The zero-order valence-electron chi connectivity index (χ0n) is 18.1. The maximum Gasteiger partial charge on any atom is 0.251 e. The molecule has 2 aromatic carbocycles. The molecule has 2 N–H and O–H groups in total. The van der Waals surface area contributed by atoms with Crippen molar-refractivity contribution in [3.8, 4) is 0 Å². The fourth-order valence-electron chi connectivity index (χ4n) is 3.39. The average Bonchev–Trinajstić information content (AvgIpc) is 2.73. The molecule has 0 aliphatic rings. The summed E-state index contributed by atoms with van der Waals surface area (Å²) in [6, 6.07) is 12.6. The minimum Gasteiger partial charge on any atom is -0.348 e. The van der Waals surface area contributed by atoms with Crippen LogP contribution in [0.25, 0.3) is 0 Å². The number of rotatable bonds is 8. The fraction of sp³-hybridized carbons (Fsp3) is 0.154. The van der Waals surface area contributed by atoms with Gasteiger partial charge in [-0.25, -0.2) is 13.8 Å². The van der Waals surface area contributed by atoms with E-state index in [4.69, 9.17) is 0 Å². The van der Waals surface area contributed by atoms with Crippen LogP contribution in [0, 0.1) is 18.6 Å². The number of aromatic nitrogens is 1. The minimum atomic E-state index is -0.673. The highest BCUT2D eigenvalue weighted by molar-refractivity contribution is 5.95. The Hall–Kier alpha value is -3.80. The summed E-state index contributed by atoms with van der Waals surface area (Å²) in [5.74, 6) is -0.950. The zero-order chi connectivity index (χ0) is 23.1. The van der Waals surface area contributed by atoms with Gasteiger partial charge in [0.2, 0.25) is 0 Å². The molecule has 3 aromatic rings. The van der Waals surface area contributed by atoms with Crippen LogP contribution in [0.2, 0.25) is 0 Å². The van der Waals surface area contributed by atoms with Crippen molar-refractivity contribution in [2.24, 2.45) is 0 Å². The summed E-state index contributed by atoms with van der Waals surface area (Å²) in [6.45, 7) is 7.76. The van der Waals surface area contributed by atoms with Crippen LogP contribution >= 0.6 is 0 Å². The summed E-state index contributed by atoms with van der Waals surface area (Å²) in [6.07, 6.45) is 6.10. The molecule has 1 aromatic heterocycles. The monoisotopic (exact) mass is 433 g/mol. The molecule has 1 amide bonds. The van der Waals surface area contributed by atoms with E-state index < -0.39 is 11.6 Å². The molecule has 0 aliphatic heterocycles. The van der Waals surface area contributed by atoms with Gasteiger partial charge in [-0.15, -0.1) is 0 Å². The number of hydrogen-bond acceptors (Lipinski definition) is 3. The Morgan fingerprint density at radius 1 is 1.09 bits per heavy atom. The van der Waals surface area contributed by atoms with E-state index in [1.165, 1.54) is 12.1 Å². The third-order valence-corrected chi connectivity index (χ3v) is 4.94. The number of halogens is 2. The maximum atomic E-state index is 13.4. The Bertz CT molecular complexity index is 1150. The quantitative estimate of drug-likeness (QED) is 0.449. The van der Waals surface area contributed by atoms with E-state index in [0.29, 0.717) is 23.4 Å². The highest BCUT2D eigenvalue weighted by Crippen LogP contribution is 2.20. The summed E-state index contributed by atoms with van der Waals surface area (Å²) in [5.41, 5.74) is 4.50. The molecule has 3 rings (SSSR count). The molecule has 0 aliphatic carbocycles. The zero-order valence-corrected chi connectivity index (χ0v) is 18.1. The van der Waals surface area contributed by atoms with Gasteiger partial charge in [-0.3, -0.25) is 4.79 Å². The van der Waals surface area contributed by atoms with Crippen molar-refractivity contribution in [3.63, 3.8) is 0 Å². The normalized spacial score (nSPS) is 10.9. The molecule has 32 heavy (non-hydrogen) atoms. The van der Waals surface area contributed by atoms with E-state index in [0.717, 1.165) is 28.5 Å². The Morgan fingerprint density at radius 3 is 2.56 bits per heavy atom. The maximum absolute atomic E-state index is 13.4.